The first kappa shape index (κ1) is 10.7. The second kappa shape index (κ2) is 4.00. The van der Waals surface area contributed by atoms with E-state index in [4.69, 9.17) is 0 Å². The van der Waals surface area contributed by atoms with Gasteiger partial charge in [-0.1, -0.05) is 0 Å². The Bertz CT molecular complexity index is 483. The highest BCUT2D eigenvalue weighted by Crippen LogP contribution is 2.27. The molecule has 3 heteroatoms. The molecule has 0 amide bonds. The third kappa shape index (κ3) is 1.81. The summed E-state index contributed by atoms with van der Waals surface area (Å²) in [5, 5.41) is 13.6. The van der Waals surface area contributed by atoms with Crippen molar-refractivity contribution >= 4 is 0 Å². The predicted octanol–water partition coefficient (Wildman–Crippen LogP) is 3.15. The summed E-state index contributed by atoms with van der Waals surface area (Å²) in [6.07, 6.45) is 1.88. The fourth-order valence-electron chi connectivity index (χ4n) is 1.82. The summed E-state index contributed by atoms with van der Waals surface area (Å²) >= 11 is 0. The molecule has 1 heterocycles. The maximum atomic E-state index is 9.28. The van der Waals surface area contributed by atoms with Gasteiger partial charge in [0.2, 0.25) is 0 Å². The Morgan fingerprint density at radius 1 is 1.19 bits per heavy atom. The second-order valence-electron chi connectivity index (χ2n) is 4.26. The summed E-state index contributed by atoms with van der Waals surface area (Å²) in [5.74, 6) is 0.289. The molecule has 0 aliphatic heterocycles. The highest BCUT2D eigenvalue weighted by Gasteiger charge is 2.11. The molecule has 1 aromatic heterocycles. The number of rotatable bonds is 2. The van der Waals surface area contributed by atoms with Gasteiger partial charge < -0.3 is 5.11 Å². The Labute approximate surface area is 95.3 Å². The number of phenolic OH excluding ortho intramolecular Hbond substituents is 1. The van der Waals surface area contributed by atoms with Gasteiger partial charge >= 0.3 is 0 Å². The zero-order valence-electron chi connectivity index (χ0n) is 9.81. The van der Waals surface area contributed by atoms with E-state index < -0.39 is 0 Å². The van der Waals surface area contributed by atoms with Crippen LogP contribution in [0.1, 0.15) is 25.5 Å². The van der Waals surface area contributed by atoms with Gasteiger partial charge in [-0.15, -0.1) is 0 Å². The number of aryl methyl sites for hydroxylation is 1. The molecular formula is C13H16N2O. The van der Waals surface area contributed by atoms with Crippen LogP contribution in [-0.4, -0.2) is 14.9 Å². The quantitative estimate of drug-likeness (QED) is 0.837. The van der Waals surface area contributed by atoms with Gasteiger partial charge in [-0.05, 0) is 50.6 Å². The molecule has 3 nitrogen and oxygen atoms in total. The van der Waals surface area contributed by atoms with E-state index in [1.54, 1.807) is 12.1 Å². The standard InChI is InChI=1S/C13H16N2O/c1-9(2)15-13(10(3)8-14-15)11-4-6-12(16)7-5-11/h4-9,16H,1-3H3. The Kier molecular flexibility index (Phi) is 2.69. The number of hydrogen-bond acceptors (Lipinski definition) is 2. The van der Waals surface area contributed by atoms with Crippen molar-refractivity contribution in [1.29, 1.82) is 0 Å². The molecule has 16 heavy (non-hydrogen) atoms. The molecule has 2 aromatic rings. The molecule has 1 N–H and O–H groups in total. The molecule has 0 bridgehead atoms. The van der Waals surface area contributed by atoms with Crippen molar-refractivity contribution in [2.45, 2.75) is 26.8 Å². The summed E-state index contributed by atoms with van der Waals surface area (Å²) in [6, 6.07) is 7.56. The monoisotopic (exact) mass is 216 g/mol. The van der Waals surface area contributed by atoms with Crippen LogP contribution in [0.2, 0.25) is 0 Å². The zero-order valence-corrected chi connectivity index (χ0v) is 9.81. The summed E-state index contributed by atoms with van der Waals surface area (Å²) in [6.45, 7) is 6.26. The van der Waals surface area contributed by atoms with Crippen molar-refractivity contribution in [3.8, 4) is 17.0 Å². The van der Waals surface area contributed by atoms with Crippen LogP contribution in [-0.2, 0) is 0 Å². The van der Waals surface area contributed by atoms with Crippen LogP contribution in [0.15, 0.2) is 30.5 Å². The Hall–Kier alpha value is -1.77. The fraction of sp³-hybridized carbons (Fsp3) is 0.308. The Morgan fingerprint density at radius 2 is 1.81 bits per heavy atom. The van der Waals surface area contributed by atoms with Crippen LogP contribution in [0.5, 0.6) is 5.75 Å². The lowest BCUT2D eigenvalue weighted by molar-refractivity contribution is 0.475. The molecule has 0 fully saturated rings. The maximum Gasteiger partial charge on any atom is 0.115 e. The Morgan fingerprint density at radius 3 is 2.38 bits per heavy atom. The molecule has 0 radical (unpaired) electrons. The highest BCUT2D eigenvalue weighted by atomic mass is 16.3. The summed E-state index contributed by atoms with van der Waals surface area (Å²) in [5.41, 5.74) is 3.36. The topological polar surface area (TPSA) is 38.0 Å². The first-order valence-electron chi connectivity index (χ1n) is 5.43. The lowest BCUT2D eigenvalue weighted by Gasteiger charge is -2.12. The van der Waals surface area contributed by atoms with Crippen molar-refractivity contribution < 1.29 is 5.11 Å². The van der Waals surface area contributed by atoms with Gasteiger partial charge in [-0.3, -0.25) is 4.68 Å². The molecule has 0 atom stereocenters. The molecule has 0 aliphatic rings. The van der Waals surface area contributed by atoms with E-state index in [-0.39, 0.29) is 5.75 Å². The first-order valence-corrected chi connectivity index (χ1v) is 5.43. The van der Waals surface area contributed by atoms with Gasteiger partial charge in [-0.25, -0.2) is 0 Å². The summed E-state index contributed by atoms with van der Waals surface area (Å²) in [7, 11) is 0. The SMILES string of the molecule is Cc1cnn(C(C)C)c1-c1ccc(O)cc1. The number of hydrogen-bond donors (Lipinski definition) is 1. The van der Waals surface area contributed by atoms with Gasteiger partial charge in [0.25, 0.3) is 0 Å². The molecule has 84 valence electrons. The van der Waals surface area contributed by atoms with Gasteiger partial charge in [-0.2, -0.15) is 5.10 Å². The van der Waals surface area contributed by atoms with Gasteiger partial charge in [0, 0.05) is 11.6 Å². The zero-order chi connectivity index (χ0) is 11.7. The van der Waals surface area contributed by atoms with Crippen LogP contribution in [0.4, 0.5) is 0 Å². The highest BCUT2D eigenvalue weighted by molar-refractivity contribution is 5.63. The largest absolute Gasteiger partial charge is 0.508 e. The van der Waals surface area contributed by atoms with Crippen LogP contribution in [0, 0.1) is 6.92 Å². The van der Waals surface area contributed by atoms with Gasteiger partial charge in [0.1, 0.15) is 5.75 Å². The van der Waals surface area contributed by atoms with Crippen LogP contribution < -0.4 is 0 Å². The van der Waals surface area contributed by atoms with Crippen molar-refractivity contribution in [1.82, 2.24) is 9.78 Å². The predicted molar refractivity (Wildman–Crippen MR) is 64.4 cm³/mol. The third-order valence-electron chi connectivity index (χ3n) is 2.61. The molecule has 0 spiro atoms. The van der Waals surface area contributed by atoms with Crippen molar-refractivity contribution in [3.63, 3.8) is 0 Å². The van der Waals surface area contributed by atoms with Crippen molar-refractivity contribution in [3.05, 3.63) is 36.0 Å². The smallest absolute Gasteiger partial charge is 0.115 e. The average Bonchev–Trinajstić information content (AvgIpc) is 2.62. The van der Waals surface area contributed by atoms with Crippen LogP contribution >= 0.6 is 0 Å². The van der Waals surface area contributed by atoms with E-state index in [1.165, 1.54) is 0 Å². The minimum absolute atomic E-state index is 0.289. The fourth-order valence-corrected chi connectivity index (χ4v) is 1.82. The molecule has 0 saturated carbocycles. The number of nitrogens with zero attached hydrogens (tertiary/aromatic N) is 2. The van der Waals surface area contributed by atoms with E-state index >= 15 is 0 Å². The van der Waals surface area contributed by atoms with E-state index in [9.17, 15) is 5.11 Å². The number of aromatic nitrogens is 2. The number of aromatic hydroxyl groups is 1. The minimum atomic E-state index is 0.289. The Balaban J connectivity index is 2.54. The molecule has 1 aromatic carbocycles. The van der Waals surface area contributed by atoms with E-state index in [1.807, 2.05) is 29.9 Å². The molecule has 0 aliphatic carbocycles. The minimum Gasteiger partial charge on any atom is -0.508 e. The maximum absolute atomic E-state index is 9.28. The number of benzene rings is 1. The van der Waals surface area contributed by atoms with E-state index in [2.05, 4.69) is 18.9 Å². The molecule has 2 rings (SSSR count). The summed E-state index contributed by atoms with van der Waals surface area (Å²) in [4.78, 5) is 0. The van der Waals surface area contributed by atoms with Gasteiger partial charge in [0.15, 0.2) is 0 Å². The van der Waals surface area contributed by atoms with Crippen LogP contribution in [0.25, 0.3) is 11.3 Å². The summed E-state index contributed by atoms with van der Waals surface area (Å²) < 4.78 is 2.00. The second-order valence-corrected chi connectivity index (χ2v) is 4.26. The van der Waals surface area contributed by atoms with Crippen molar-refractivity contribution in [2.24, 2.45) is 0 Å². The normalized spacial score (nSPS) is 11.0. The number of phenols is 1. The van der Waals surface area contributed by atoms with Gasteiger partial charge in [0.05, 0.1) is 11.9 Å². The van der Waals surface area contributed by atoms with Crippen molar-refractivity contribution in [2.75, 3.05) is 0 Å². The molecule has 0 unspecified atom stereocenters. The molecular weight excluding hydrogens is 200 g/mol. The lowest BCUT2D eigenvalue weighted by Crippen LogP contribution is -2.04. The van der Waals surface area contributed by atoms with E-state index in [0.29, 0.717) is 6.04 Å². The average molecular weight is 216 g/mol. The third-order valence-corrected chi connectivity index (χ3v) is 2.61. The van der Waals surface area contributed by atoms with Crippen LogP contribution in [0.3, 0.4) is 0 Å². The lowest BCUT2D eigenvalue weighted by atomic mass is 10.1. The molecule has 0 saturated heterocycles. The first-order chi connectivity index (χ1) is 7.59. The van der Waals surface area contributed by atoms with E-state index in [0.717, 1.165) is 16.8 Å².